The topological polar surface area (TPSA) is 123 Å². The molecule has 4 atom stereocenters. The number of nitrogens with zero attached hydrogens (tertiary/aromatic N) is 3. The second-order valence-electron chi connectivity index (χ2n) is 12.0. The van der Waals surface area contributed by atoms with Gasteiger partial charge in [-0.3, -0.25) is 19.4 Å². The molecule has 10 heteroatoms. The van der Waals surface area contributed by atoms with E-state index in [2.05, 4.69) is 39.7 Å². The van der Waals surface area contributed by atoms with Crippen molar-refractivity contribution in [3.8, 4) is 0 Å². The molecule has 2 aromatic heterocycles. The SMILES string of the molecule is CC1C(c2ccccc2)CC2NC(=O)c3cnc4c(c3)C[C@@]3(C4)C(=O)Nc4ncc(cc43)/C=C/COCCOCCN1C2=O. The number of nitrogens with one attached hydrogen (secondary N) is 2. The summed E-state index contributed by atoms with van der Waals surface area (Å²) in [5, 5.41) is 5.97. The Hall–Kier alpha value is -4.41. The number of piperidine rings is 1. The molecule has 10 nitrogen and oxygen atoms in total. The average molecular weight is 594 g/mol. The van der Waals surface area contributed by atoms with Crippen molar-refractivity contribution >= 4 is 29.6 Å². The summed E-state index contributed by atoms with van der Waals surface area (Å²) >= 11 is 0. The number of aromatic nitrogens is 2. The standard InChI is InChI=1S/C34H35N5O5/c1-21-26(23-7-3-2-4-8-23)16-28-32(41)39(21)9-11-44-13-12-43-10-5-6-22-14-27-30(36-19-22)38-33(42)34(27)17-24-15-25(31(40)37-28)20-35-29(24)18-34/h2-8,14-15,19-21,26,28H,9-13,16-18H2,1H3,(H,37,40)(H,36,38,42)/b6-5+/t21?,26?,28?,34-/m0/s1. The number of anilines is 1. The number of pyridine rings is 2. The Morgan fingerprint density at radius 3 is 2.68 bits per heavy atom. The molecular weight excluding hydrogens is 558 g/mol. The lowest BCUT2D eigenvalue weighted by Gasteiger charge is -2.43. The molecule has 3 unspecified atom stereocenters. The number of amides is 3. The summed E-state index contributed by atoms with van der Waals surface area (Å²) in [4.78, 5) is 51.7. The summed E-state index contributed by atoms with van der Waals surface area (Å²) in [5.41, 5.74) is 4.00. The van der Waals surface area contributed by atoms with Crippen LogP contribution in [0.1, 0.15) is 57.6 Å². The van der Waals surface area contributed by atoms with Gasteiger partial charge in [-0.05, 0) is 48.6 Å². The highest BCUT2D eigenvalue weighted by Crippen LogP contribution is 2.46. The number of carbonyl (C=O) groups excluding carboxylic acids is 3. The highest BCUT2D eigenvalue weighted by atomic mass is 16.5. The second kappa shape index (κ2) is 11.6. The van der Waals surface area contributed by atoms with Crippen molar-refractivity contribution in [3.05, 3.63) is 94.4 Å². The zero-order valence-corrected chi connectivity index (χ0v) is 24.6. The van der Waals surface area contributed by atoms with Gasteiger partial charge in [-0.1, -0.05) is 42.5 Å². The monoisotopic (exact) mass is 593 g/mol. The molecule has 1 saturated heterocycles. The van der Waals surface area contributed by atoms with Gasteiger partial charge in [0.15, 0.2) is 0 Å². The van der Waals surface area contributed by atoms with Gasteiger partial charge in [0.25, 0.3) is 5.91 Å². The molecule has 2 N–H and O–H groups in total. The molecule has 4 aliphatic rings. The van der Waals surface area contributed by atoms with E-state index >= 15 is 0 Å². The predicted molar refractivity (Wildman–Crippen MR) is 163 cm³/mol. The van der Waals surface area contributed by atoms with E-state index in [4.69, 9.17) is 9.47 Å². The van der Waals surface area contributed by atoms with Crippen molar-refractivity contribution in [1.82, 2.24) is 20.2 Å². The largest absolute Gasteiger partial charge is 0.377 e. The predicted octanol–water partition coefficient (Wildman–Crippen LogP) is 3.03. The minimum Gasteiger partial charge on any atom is -0.377 e. The Morgan fingerprint density at radius 1 is 0.977 bits per heavy atom. The summed E-state index contributed by atoms with van der Waals surface area (Å²) < 4.78 is 11.6. The first-order valence-electron chi connectivity index (χ1n) is 15.2. The zero-order valence-electron chi connectivity index (χ0n) is 24.6. The molecule has 7 rings (SSSR count). The van der Waals surface area contributed by atoms with Gasteiger partial charge in [0.05, 0.1) is 37.4 Å². The average Bonchev–Trinajstić information content (AvgIpc) is 3.55. The highest BCUT2D eigenvalue weighted by molar-refractivity contribution is 6.06. The lowest BCUT2D eigenvalue weighted by atomic mass is 9.79. The fraction of sp³-hybridized carbons (Fsp3) is 0.382. The molecule has 0 saturated carbocycles. The van der Waals surface area contributed by atoms with Crippen LogP contribution < -0.4 is 10.6 Å². The van der Waals surface area contributed by atoms with Crippen molar-refractivity contribution in [1.29, 1.82) is 0 Å². The smallest absolute Gasteiger partial charge is 0.253 e. The summed E-state index contributed by atoms with van der Waals surface area (Å²) in [7, 11) is 0. The number of hydrogen-bond donors (Lipinski definition) is 2. The van der Waals surface area contributed by atoms with Gasteiger partial charge in [-0.2, -0.15) is 0 Å². The third-order valence-corrected chi connectivity index (χ3v) is 9.43. The lowest BCUT2D eigenvalue weighted by molar-refractivity contribution is -0.140. The molecule has 3 aliphatic heterocycles. The maximum absolute atomic E-state index is 13.8. The summed E-state index contributed by atoms with van der Waals surface area (Å²) in [6.07, 6.45) is 8.45. The quantitative estimate of drug-likeness (QED) is 0.445. The maximum Gasteiger partial charge on any atom is 0.253 e. The number of carbonyl (C=O) groups is 3. The minimum atomic E-state index is -0.833. The van der Waals surface area contributed by atoms with Crippen LogP contribution in [0.4, 0.5) is 5.82 Å². The first-order chi connectivity index (χ1) is 21.4. The summed E-state index contributed by atoms with van der Waals surface area (Å²) in [6.45, 7) is 4.04. The summed E-state index contributed by atoms with van der Waals surface area (Å²) in [5.74, 6) is 0.000124. The van der Waals surface area contributed by atoms with Gasteiger partial charge < -0.3 is 25.0 Å². The van der Waals surface area contributed by atoms with Crippen LogP contribution in [0.25, 0.3) is 6.08 Å². The fourth-order valence-electron chi connectivity index (χ4n) is 7.06. The Morgan fingerprint density at radius 2 is 1.82 bits per heavy atom. The van der Waals surface area contributed by atoms with E-state index in [1.54, 1.807) is 12.4 Å². The zero-order chi connectivity index (χ0) is 30.3. The Kier molecular flexibility index (Phi) is 7.47. The molecule has 1 spiro atoms. The first-order valence-corrected chi connectivity index (χ1v) is 15.2. The fourth-order valence-corrected chi connectivity index (χ4v) is 7.06. The number of fused-ring (bicyclic) bond motifs is 4. The Bertz CT molecular complexity index is 1640. The maximum atomic E-state index is 13.8. The number of hydrogen-bond acceptors (Lipinski definition) is 7. The van der Waals surface area contributed by atoms with Crippen LogP contribution in [0.3, 0.4) is 0 Å². The van der Waals surface area contributed by atoms with Crippen molar-refractivity contribution in [2.75, 3.05) is 38.3 Å². The van der Waals surface area contributed by atoms with Crippen molar-refractivity contribution in [3.63, 3.8) is 0 Å². The third kappa shape index (κ3) is 5.07. The number of ether oxygens (including phenoxy) is 2. The molecule has 3 aromatic rings. The van der Waals surface area contributed by atoms with Gasteiger partial charge >= 0.3 is 0 Å². The molecule has 1 aliphatic carbocycles. The molecule has 3 amide bonds. The Labute approximate surface area is 255 Å². The third-order valence-electron chi connectivity index (χ3n) is 9.43. The van der Waals surface area contributed by atoms with Crippen LogP contribution >= 0.6 is 0 Å². The Balaban J connectivity index is 1.21. The van der Waals surface area contributed by atoms with Gasteiger partial charge in [0.2, 0.25) is 11.8 Å². The minimum absolute atomic E-state index is 0.0392. The first kappa shape index (κ1) is 28.4. The molecule has 5 heterocycles. The van der Waals surface area contributed by atoms with E-state index in [0.717, 1.165) is 27.9 Å². The van der Waals surface area contributed by atoms with Crippen molar-refractivity contribution in [2.24, 2.45) is 0 Å². The van der Waals surface area contributed by atoms with Crippen LogP contribution in [0.5, 0.6) is 0 Å². The van der Waals surface area contributed by atoms with E-state index < -0.39 is 11.5 Å². The molecule has 7 bridgehead atoms. The molecule has 44 heavy (non-hydrogen) atoms. The van der Waals surface area contributed by atoms with Gasteiger partial charge in [0.1, 0.15) is 11.9 Å². The molecule has 0 radical (unpaired) electrons. The van der Waals surface area contributed by atoms with Crippen LogP contribution in [0, 0.1) is 0 Å². The second-order valence-corrected chi connectivity index (χ2v) is 12.0. The number of rotatable bonds is 1. The van der Waals surface area contributed by atoms with E-state index in [9.17, 15) is 14.4 Å². The molecular formula is C34H35N5O5. The van der Waals surface area contributed by atoms with E-state index in [1.165, 1.54) is 0 Å². The lowest BCUT2D eigenvalue weighted by Crippen LogP contribution is -2.58. The van der Waals surface area contributed by atoms with Crippen LogP contribution in [0.2, 0.25) is 0 Å². The summed E-state index contributed by atoms with van der Waals surface area (Å²) in [6, 6.07) is 13.1. The van der Waals surface area contributed by atoms with Crippen LogP contribution in [-0.4, -0.2) is 77.6 Å². The van der Waals surface area contributed by atoms with E-state index in [-0.39, 0.29) is 29.7 Å². The number of benzene rings is 1. The molecule has 1 fully saturated rings. The van der Waals surface area contributed by atoms with Gasteiger partial charge in [0, 0.05) is 48.6 Å². The van der Waals surface area contributed by atoms with Crippen LogP contribution in [0.15, 0.2) is 60.9 Å². The van der Waals surface area contributed by atoms with E-state index in [1.807, 2.05) is 47.4 Å². The van der Waals surface area contributed by atoms with E-state index in [0.29, 0.717) is 63.6 Å². The van der Waals surface area contributed by atoms with Crippen molar-refractivity contribution in [2.45, 2.75) is 49.6 Å². The molecule has 226 valence electrons. The highest BCUT2D eigenvalue weighted by Gasteiger charge is 2.52. The normalized spacial score (nSPS) is 27.7. The molecule has 1 aromatic carbocycles. The van der Waals surface area contributed by atoms with Gasteiger partial charge in [-0.25, -0.2) is 4.98 Å². The van der Waals surface area contributed by atoms with Gasteiger partial charge in [-0.15, -0.1) is 0 Å². The van der Waals surface area contributed by atoms with Crippen LogP contribution in [-0.2, 0) is 37.3 Å². The van der Waals surface area contributed by atoms with Crippen molar-refractivity contribution < 1.29 is 23.9 Å².